The second-order valence-electron chi connectivity index (χ2n) is 5.09. The lowest BCUT2D eigenvalue weighted by atomic mass is 9.78. The van der Waals surface area contributed by atoms with Gasteiger partial charge in [0.2, 0.25) is 0 Å². The highest BCUT2D eigenvalue weighted by molar-refractivity contribution is 6.35. The highest BCUT2D eigenvalue weighted by Gasteiger charge is 2.37. The molecule has 1 aliphatic carbocycles. The summed E-state index contributed by atoms with van der Waals surface area (Å²) < 4.78 is 0. The Labute approximate surface area is 107 Å². The van der Waals surface area contributed by atoms with Crippen LogP contribution in [0.4, 0.5) is 0 Å². The van der Waals surface area contributed by atoms with Crippen LogP contribution in [-0.4, -0.2) is 35.8 Å². The van der Waals surface area contributed by atoms with Gasteiger partial charge in [0.25, 0.3) is 0 Å². The summed E-state index contributed by atoms with van der Waals surface area (Å²) in [4.78, 5) is 25.4. The summed E-state index contributed by atoms with van der Waals surface area (Å²) in [5.74, 6) is -0.523. The van der Waals surface area contributed by atoms with E-state index in [2.05, 4.69) is 5.32 Å². The molecule has 0 aromatic carbocycles. The van der Waals surface area contributed by atoms with E-state index in [1.54, 1.807) is 4.90 Å². The molecule has 0 aromatic heterocycles. The molecule has 0 unspecified atom stereocenters. The molecule has 5 nitrogen and oxygen atoms in total. The number of hydrogen-bond acceptors (Lipinski definition) is 3. The van der Waals surface area contributed by atoms with Gasteiger partial charge in [-0.1, -0.05) is 12.8 Å². The Morgan fingerprint density at radius 1 is 1.22 bits per heavy atom. The molecule has 2 rings (SSSR count). The summed E-state index contributed by atoms with van der Waals surface area (Å²) in [5.41, 5.74) is 0. The molecule has 1 saturated carbocycles. The van der Waals surface area contributed by atoms with E-state index in [9.17, 15) is 9.59 Å². The predicted molar refractivity (Wildman–Crippen MR) is 65.3 cm³/mol. The van der Waals surface area contributed by atoms with Crippen LogP contribution < -0.4 is 5.32 Å². The molecular formula is C13H19N3O2. The molecule has 98 valence electrons. The minimum Gasteiger partial charge on any atom is -0.335 e. The summed E-state index contributed by atoms with van der Waals surface area (Å²) >= 11 is 0. The summed E-state index contributed by atoms with van der Waals surface area (Å²) in [7, 11) is 0. The van der Waals surface area contributed by atoms with Gasteiger partial charge in [0.15, 0.2) is 0 Å². The number of amides is 2. The zero-order valence-corrected chi connectivity index (χ0v) is 10.5. The topological polar surface area (TPSA) is 73.2 Å². The number of rotatable bonds is 1. The number of nitrogens with one attached hydrogen (secondary N) is 1. The van der Waals surface area contributed by atoms with Crippen molar-refractivity contribution in [2.24, 2.45) is 5.92 Å². The number of nitrogens with zero attached hydrogens (tertiary/aromatic N) is 2. The van der Waals surface area contributed by atoms with E-state index in [1.807, 2.05) is 6.07 Å². The van der Waals surface area contributed by atoms with Crippen molar-refractivity contribution in [2.75, 3.05) is 13.1 Å². The van der Waals surface area contributed by atoms with E-state index in [-0.39, 0.29) is 12.6 Å². The molecule has 0 radical (unpaired) electrons. The Bertz CT molecular complexity index is 373. The Morgan fingerprint density at radius 2 is 1.94 bits per heavy atom. The standard InChI is InChI=1S/C13H19N3O2/c14-7-8-15-12(17)13(18)16-9-3-5-10-4-1-2-6-11(10)16/h10-11H,1-6,8-9H2,(H,15,17)/t10-,11-/m1/s1. The largest absolute Gasteiger partial charge is 0.335 e. The molecule has 0 spiro atoms. The van der Waals surface area contributed by atoms with Crippen molar-refractivity contribution in [2.45, 2.75) is 44.6 Å². The molecule has 2 amide bonds. The first kappa shape index (κ1) is 12.9. The van der Waals surface area contributed by atoms with Gasteiger partial charge < -0.3 is 10.2 Å². The maximum Gasteiger partial charge on any atom is 0.312 e. The van der Waals surface area contributed by atoms with E-state index in [4.69, 9.17) is 5.26 Å². The fourth-order valence-corrected chi connectivity index (χ4v) is 3.20. The Balaban J connectivity index is 2.00. The van der Waals surface area contributed by atoms with Crippen LogP contribution in [0.15, 0.2) is 0 Å². The van der Waals surface area contributed by atoms with Crippen LogP contribution in [-0.2, 0) is 9.59 Å². The number of likely N-dealkylation sites (tertiary alicyclic amines) is 1. The lowest BCUT2D eigenvalue weighted by Gasteiger charge is -2.43. The van der Waals surface area contributed by atoms with Gasteiger partial charge in [-0.25, -0.2) is 0 Å². The van der Waals surface area contributed by atoms with Gasteiger partial charge in [-0.3, -0.25) is 9.59 Å². The maximum absolute atomic E-state index is 12.1. The molecule has 2 aliphatic rings. The predicted octanol–water partition coefficient (Wildman–Crippen LogP) is 0.807. The third kappa shape index (κ3) is 2.63. The second-order valence-corrected chi connectivity index (χ2v) is 5.09. The molecule has 2 fully saturated rings. The average molecular weight is 249 g/mol. The number of nitriles is 1. The average Bonchev–Trinajstić information content (AvgIpc) is 2.43. The normalized spacial score (nSPS) is 26.9. The van der Waals surface area contributed by atoms with Crippen molar-refractivity contribution in [3.8, 4) is 6.07 Å². The molecule has 0 aromatic rings. The zero-order chi connectivity index (χ0) is 13.0. The second kappa shape index (κ2) is 5.85. The zero-order valence-electron chi connectivity index (χ0n) is 10.5. The molecule has 1 heterocycles. The van der Waals surface area contributed by atoms with Crippen molar-refractivity contribution < 1.29 is 9.59 Å². The van der Waals surface area contributed by atoms with Crippen LogP contribution in [0.5, 0.6) is 0 Å². The number of piperidine rings is 1. The lowest BCUT2D eigenvalue weighted by molar-refractivity contribution is -0.150. The van der Waals surface area contributed by atoms with E-state index >= 15 is 0 Å². The van der Waals surface area contributed by atoms with Crippen LogP contribution in [0.25, 0.3) is 0 Å². The fraction of sp³-hybridized carbons (Fsp3) is 0.769. The number of carbonyl (C=O) groups is 2. The highest BCUT2D eigenvalue weighted by atomic mass is 16.2. The highest BCUT2D eigenvalue weighted by Crippen LogP contribution is 2.35. The first-order chi connectivity index (χ1) is 8.74. The maximum atomic E-state index is 12.1. The third-order valence-corrected chi connectivity index (χ3v) is 4.03. The molecule has 2 atom stereocenters. The van der Waals surface area contributed by atoms with E-state index < -0.39 is 11.8 Å². The fourth-order valence-electron chi connectivity index (χ4n) is 3.20. The first-order valence-electron chi connectivity index (χ1n) is 6.70. The summed E-state index contributed by atoms with van der Waals surface area (Å²) in [6, 6.07) is 2.05. The van der Waals surface area contributed by atoms with Crippen LogP contribution in [0.3, 0.4) is 0 Å². The van der Waals surface area contributed by atoms with Gasteiger partial charge >= 0.3 is 11.8 Å². The molecular weight excluding hydrogens is 230 g/mol. The van der Waals surface area contributed by atoms with Crippen molar-refractivity contribution in [3.63, 3.8) is 0 Å². The first-order valence-corrected chi connectivity index (χ1v) is 6.70. The third-order valence-electron chi connectivity index (χ3n) is 4.03. The van der Waals surface area contributed by atoms with Crippen molar-refractivity contribution >= 4 is 11.8 Å². The molecule has 1 N–H and O–H groups in total. The summed E-state index contributed by atoms with van der Waals surface area (Å²) in [6.07, 6.45) is 6.73. The van der Waals surface area contributed by atoms with Crippen LogP contribution in [0.2, 0.25) is 0 Å². The number of hydrogen-bond donors (Lipinski definition) is 1. The Hall–Kier alpha value is -1.57. The minimum atomic E-state index is -0.636. The summed E-state index contributed by atoms with van der Waals surface area (Å²) in [5, 5.41) is 10.7. The van der Waals surface area contributed by atoms with Crippen LogP contribution in [0, 0.1) is 17.2 Å². The van der Waals surface area contributed by atoms with Crippen molar-refractivity contribution in [1.82, 2.24) is 10.2 Å². The number of carbonyl (C=O) groups excluding carboxylic acids is 2. The molecule has 1 saturated heterocycles. The van der Waals surface area contributed by atoms with Gasteiger partial charge in [0.05, 0.1) is 6.07 Å². The van der Waals surface area contributed by atoms with Crippen LogP contribution >= 0.6 is 0 Å². The quantitative estimate of drug-likeness (QED) is 0.552. The smallest absolute Gasteiger partial charge is 0.312 e. The molecule has 5 heteroatoms. The Morgan fingerprint density at radius 3 is 2.72 bits per heavy atom. The van der Waals surface area contributed by atoms with Gasteiger partial charge in [0.1, 0.15) is 6.54 Å². The Kier molecular flexibility index (Phi) is 4.19. The van der Waals surface area contributed by atoms with Gasteiger partial charge in [0, 0.05) is 12.6 Å². The van der Waals surface area contributed by atoms with Crippen molar-refractivity contribution in [3.05, 3.63) is 0 Å². The van der Waals surface area contributed by atoms with Crippen LogP contribution in [0.1, 0.15) is 38.5 Å². The SMILES string of the molecule is N#CCNC(=O)C(=O)N1CCC[C@H]2CCCC[C@H]21. The lowest BCUT2D eigenvalue weighted by Crippen LogP contribution is -2.54. The van der Waals surface area contributed by atoms with Gasteiger partial charge in [-0.2, -0.15) is 5.26 Å². The minimum absolute atomic E-state index is 0.105. The van der Waals surface area contributed by atoms with E-state index in [1.165, 1.54) is 19.3 Å². The van der Waals surface area contributed by atoms with E-state index in [0.29, 0.717) is 12.5 Å². The molecule has 18 heavy (non-hydrogen) atoms. The van der Waals surface area contributed by atoms with Gasteiger partial charge in [-0.05, 0) is 31.6 Å². The van der Waals surface area contributed by atoms with Gasteiger partial charge in [-0.15, -0.1) is 0 Å². The van der Waals surface area contributed by atoms with E-state index in [0.717, 1.165) is 19.3 Å². The number of fused-ring (bicyclic) bond motifs is 1. The monoisotopic (exact) mass is 249 g/mol. The molecule has 1 aliphatic heterocycles. The summed E-state index contributed by atoms with van der Waals surface area (Å²) in [6.45, 7) is 0.576. The van der Waals surface area contributed by atoms with Crippen molar-refractivity contribution in [1.29, 1.82) is 5.26 Å². The molecule has 0 bridgehead atoms.